The molecule has 0 heterocycles. The highest BCUT2D eigenvalue weighted by molar-refractivity contribution is 5.90. The first-order valence-corrected chi connectivity index (χ1v) is 6.70. The monoisotopic (exact) mass is 319 g/mol. The summed E-state index contributed by atoms with van der Waals surface area (Å²) < 4.78 is 14.0. The third-order valence-corrected chi connectivity index (χ3v) is 2.54. The Hall–Kier alpha value is -2.16. The molecule has 9 nitrogen and oxygen atoms in total. The van der Waals surface area contributed by atoms with Crippen LogP contribution in [0.4, 0.5) is 0 Å². The van der Waals surface area contributed by atoms with Gasteiger partial charge in [-0.05, 0) is 13.8 Å². The van der Waals surface area contributed by atoms with Gasteiger partial charge in [0, 0.05) is 7.11 Å². The molecule has 0 aromatic heterocycles. The van der Waals surface area contributed by atoms with Gasteiger partial charge in [0.1, 0.15) is 12.6 Å². The number of amides is 1. The van der Waals surface area contributed by atoms with Crippen LogP contribution >= 0.6 is 0 Å². The summed E-state index contributed by atoms with van der Waals surface area (Å²) in [7, 11) is 1.26. The molecular weight excluding hydrogens is 298 g/mol. The SMILES string of the molecule is CCOC(=O)C[C@H](C(=O)OCC)[C@H](NC(=O)COC)C(=O)O. The van der Waals surface area contributed by atoms with Crippen LogP contribution in [-0.4, -0.2) is 61.9 Å². The van der Waals surface area contributed by atoms with Crippen LogP contribution in [0.25, 0.3) is 0 Å². The molecule has 0 spiro atoms. The number of carboxylic acid groups (broad SMARTS) is 1. The van der Waals surface area contributed by atoms with Gasteiger partial charge in [-0.3, -0.25) is 14.4 Å². The summed E-state index contributed by atoms with van der Waals surface area (Å²) in [4.78, 5) is 46.2. The van der Waals surface area contributed by atoms with Gasteiger partial charge in [-0.2, -0.15) is 0 Å². The lowest BCUT2D eigenvalue weighted by Gasteiger charge is -2.22. The predicted molar refractivity (Wildman–Crippen MR) is 72.8 cm³/mol. The molecule has 0 bridgehead atoms. The van der Waals surface area contributed by atoms with Crippen LogP contribution in [0.1, 0.15) is 20.3 Å². The van der Waals surface area contributed by atoms with E-state index in [0.717, 1.165) is 0 Å². The molecule has 0 rings (SSSR count). The smallest absolute Gasteiger partial charge is 0.327 e. The van der Waals surface area contributed by atoms with Crippen molar-refractivity contribution in [2.75, 3.05) is 26.9 Å². The van der Waals surface area contributed by atoms with Crippen molar-refractivity contribution in [1.29, 1.82) is 0 Å². The maximum Gasteiger partial charge on any atom is 0.327 e. The number of aliphatic carboxylic acids is 1. The van der Waals surface area contributed by atoms with E-state index in [0.29, 0.717) is 0 Å². The summed E-state index contributed by atoms with van der Waals surface area (Å²) in [6.07, 6.45) is -0.517. The van der Waals surface area contributed by atoms with E-state index in [4.69, 9.17) is 9.47 Å². The van der Waals surface area contributed by atoms with Gasteiger partial charge in [-0.25, -0.2) is 4.79 Å². The fraction of sp³-hybridized carbons (Fsp3) is 0.692. The van der Waals surface area contributed by atoms with Crippen molar-refractivity contribution in [2.24, 2.45) is 5.92 Å². The molecule has 1 amide bonds. The van der Waals surface area contributed by atoms with E-state index in [9.17, 15) is 24.3 Å². The standard InChI is InChI=1S/C13H21NO8/c1-4-21-10(16)6-8(13(19)22-5-2)11(12(17)18)14-9(15)7-20-3/h8,11H,4-7H2,1-3H3,(H,14,15)(H,17,18)/t8-,11-/m0/s1. The molecule has 0 aliphatic carbocycles. The molecule has 0 unspecified atom stereocenters. The molecule has 0 aromatic rings. The molecular formula is C13H21NO8. The Kier molecular flexibility index (Phi) is 9.51. The van der Waals surface area contributed by atoms with E-state index >= 15 is 0 Å². The van der Waals surface area contributed by atoms with Crippen molar-refractivity contribution in [2.45, 2.75) is 26.3 Å². The second kappa shape index (κ2) is 10.6. The van der Waals surface area contributed by atoms with Crippen LogP contribution in [0.2, 0.25) is 0 Å². The van der Waals surface area contributed by atoms with Gasteiger partial charge in [-0.15, -0.1) is 0 Å². The van der Waals surface area contributed by atoms with Gasteiger partial charge in [0.2, 0.25) is 5.91 Å². The third kappa shape index (κ3) is 7.02. The van der Waals surface area contributed by atoms with E-state index in [1.807, 2.05) is 0 Å². The lowest BCUT2D eigenvalue weighted by molar-refractivity contribution is -0.160. The van der Waals surface area contributed by atoms with E-state index in [2.05, 4.69) is 10.1 Å². The average molecular weight is 319 g/mol. The third-order valence-electron chi connectivity index (χ3n) is 2.54. The number of esters is 2. The predicted octanol–water partition coefficient (Wildman–Crippen LogP) is -0.665. The van der Waals surface area contributed by atoms with Crippen LogP contribution in [0, 0.1) is 5.92 Å². The number of ether oxygens (including phenoxy) is 3. The second-order valence-corrected chi connectivity index (χ2v) is 4.18. The summed E-state index contributed by atoms with van der Waals surface area (Å²) in [6.45, 7) is 2.84. The molecule has 0 saturated carbocycles. The largest absolute Gasteiger partial charge is 0.480 e. The molecule has 9 heteroatoms. The van der Waals surface area contributed by atoms with Crippen molar-refractivity contribution in [1.82, 2.24) is 5.32 Å². The lowest BCUT2D eigenvalue weighted by atomic mass is 9.96. The molecule has 0 aliphatic heterocycles. The minimum atomic E-state index is -1.62. The second-order valence-electron chi connectivity index (χ2n) is 4.18. The first kappa shape index (κ1) is 19.8. The minimum absolute atomic E-state index is 0.0104. The van der Waals surface area contributed by atoms with Gasteiger partial charge >= 0.3 is 17.9 Å². The fourth-order valence-corrected chi connectivity index (χ4v) is 1.67. The average Bonchev–Trinajstić information content (AvgIpc) is 2.43. The van der Waals surface area contributed by atoms with Crippen molar-refractivity contribution < 1.29 is 38.5 Å². The van der Waals surface area contributed by atoms with Gasteiger partial charge < -0.3 is 24.6 Å². The Morgan fingerprint density at radius 3 is 2.14 bits per heavy atom. The number of rotatable bonds is 10. The summed E-state index contributed by atoms with van der Waals surface area (Å²) in [5.74, 6) is -5.24. The van der Waals surface area contributed by atoms with Gasteiger partial charge in [0.15, 0.2) is 0 Å². The Bertz CT molecular complexity index is 409. The summed E-state index contributed by atoms with van der Waals surface area (Å²) in [5, 5.41) is 11.3. The number of methoxy groups -OCH3 is 1. The topological polar surface area (TPSA) is 128 Å². The molecule has 0 radical (unpaired) electrons. The maximum absolute atomic E-state index is 11.9. The highest BCUT2D eigenvalue weighted by Gasteiger charge is 2.38. The Morgan fingerprint density at radius 2 is 1.68 bits per heavy atom. The highest BCUT2D eigenvalue weighted by Crippen LogP contribution is 2.14. The van der Waals surface area contributed by atoms with Gasteiger partial charge in [0.05, 0.1) is 25.6 Å². The number of carboxylic acids is 1. The Labute approximate surface area is 127 Å². The zero-order valence-electron chi connectivity index (χ0n) is 12.8. The van der Waals surface area contributed by atoms with E-state index in [-0.39, 0.29) is 19.8 Å². The van der Waals surface area contributed by atoms with Crippen molar-refractivity contribution in [3.05, 3.63) is 0 Å². The molecule has 0 fully saturated rings. The molecule has 2 N–H and O–H groups in total. The fourth-order valence-electron chi connectivity index (χ4n) is 1.67. The van der Waals surface area contributed by atoms with Crippen LogP contribution in [0.15, 0.2) is 0 Å². The molecule has 0 saturated heterocycles. The molecule has 0 aromatic carbocycles. The Balaban J connectivity index is 5.18. The number of carbonyl (C=O) groups is 4. The minimum Gasteiger partial charge on any atom is -0.480 e. The quantitative estimate of drug-likeness (QED) is 0.508. The lowest BCUT2D eigenvalue weighted by Crippen LogP contribution is -2.50. The van der Waals surface area contributed by atoms with Crippen LogP contribution in [0.3, 0.4) is 0 Å². The first-order chi connectivity index (χ1) is 10.4. The zero-order valence-corrected chi connectivity index (χ0v) is 12.8. The summed E-state index contributed by atoms with van der Waals surface area (Å²) in [5.41, 5.74) is 0. The van der Waals surface area contributed by atoms with Crippen molar-refractivity contribution in [3.8, 4) is 0 Å². The van der Waals surface area contributed by atoms with Crippen LogP contribution < -0.4 is 5.32 Å². The number of hydrogen-bond acceptors (Lipinski definition) is 7. The van der Waals surface area contributed by atoms with Gasteiger partial charge in [0.25, 0.3) is 0 Å². The maximum atomic E-state index is 11.9. The van der Waals surface area contributed by atoms with E-state index < -0.39 is 42.2 Å². The van der Waals surface area contributed by atoms with Crippen LogP contribution in [-0.2, 0) is 33.4 Å². The molecule has 22 heavy (non-hydrogen) atoms. The van der Waals surface area contributed by atoms with E-state index in [1.54, 1.807) is 13.8 Å². The highest BCUT2D eigenvalue weighted by atomic mass is 16.5. The van der Waals surface area contributed by atoms with E-state index in [1.165, 1.54) is 7.11 Å². The molecule has 0 aliphatic rings. The molecule has 126 valence electrons. The van der Waals surface area contributed by atoms with Gasteiger partial charge in [-0.1, -0.05) is 0 Å². The normalized spacial score (nSPS) is 12.9. The Morgan fingerprint density at radius 1 is 1.09 bits per heavy atom. The zero-order chi connectivity index (χ0) is 17.1. The van der Waals surface area contributed by atoms with Crippen molar-refractivity contribution in [3.63, 3.8) is 0 Å². The number of nitrogens with one attached hydrogen (secondary N) is 1. The summed E-state index contributed by atoms with van der Waals surface area (Å²) >= 11 is 0. The van der Waals surface area contributed by atoms with Crippen molar-refractivity contribution >= 4 is 23.8 Å². The number of carbonyl (C=O) groups excluding carboxylic acids is 3. The summed E-state index contributed by atoms with van der Waals surface area (Å²) in [6, 6.07) is -1.62. The number of hydrogen-bond donors (Lipinski definition) is 2. The first-order valence-electron chi connectivity index (χ1n) is 6.70. The van der Waals surface area contributed by atoms with Crippen LogP contribution in [0.5, 0.6) is 0 Å². The molecule has 2 atom stereocenters.